The van der Waals surface area contributed by atoms with Crippen LogP contribution in [0.1, 0.15) is 40.7 Å². The highest BCUT2D eigenvalue weighted by atomic mass is 19.1. The van der Waals surface area contributed by atoms with E-state index in [2.05, 4.69) is 43.3 Å². The molecule has 0 bridgehead atoms. The molecule has 3 rings (SSSR count). The maximum Gasteiger partial charge on any atom is 0.144 e. The smallest absolute Gasteiger partial charge is 0.144 e. The number of hydrogen-bond donors (Lipinski definition) is 0. The van der Waals surface area contributed by atoms with Gasteiger partial charge in [0, 0.05) is 0 Å². The second-order valence-electron chi connectivity index (χ2n) is 6.56. The Morgan fingerprint density at radius 1 is 0.889 bits per heavy atom. The predicted molar refractivity (Wildman–Crippen MR) is 105 cm³/mol. The molecule has 1 unspecified atom stereocenters. The molecule has 0 saturated carbocycles. The zero-order valence-corrected chi connectivity index (χ0v) is 15.0. The van der Waals surface area contributed by atoms with Gasteiger partial charge in [0.05, 0.1) is 0 Å². The molecule has 0 amide bonds. The first kappa shape index (κ1) is 18.5. The van der Waals surface area contributed by atoms with E-state index in [0.717, 1.165) is 24.1 Å². The normalized spacial score (nSPS) is 12.1. The summed E-state index contributed by atoms with van der Waals surface area (Å²) >= 11 is 0. The lowest BCUT2D eigenvalue weighted by Crippen LogP contribution is -1.98. The maximum atomic E-state index is 13.7. The third-order valence-corrected chi connectivity index (χ3v) is 4.53. The number of halogens is 2. The summed E-state index contributed by atoms with van der Waals surface area (Å²) in [6.07, 6.45) is 4.37. The van der Waals surface area contributed by atoms with Crippen LogP contribution in [0.2, 0.25) is 0 Å². The van der Waals surface area contributed by atoms with Crippen molar-refractivity contribution in [3.63, 3.8) is 0 Å². The molecule has 0 aliphatic carbocycles. The van der Waals surface area contributed by atoms with Crippen LogP contribution in [-0.2, 0) is 6.42 Å². The summed E-state index contributed by atoms with van der Waals surface area (Å²) in [6.45, 7) is 2.21. The van der Waals surface area contributed by atoms with Crippen molar-refractivity contribution in [1.82, 2.24) is 0 Å². The first-order chi connectivity index (χ1) is 13.1. The minimum atomic E-state index is -0.845. The average Bonchev–Trinajstić information content (AvgIpc) is 2.68. The molecule has 1 atom stereocenters. The topological polar surface area (TPSA) is 23.8 Å². The van der Waals surface area contributed by atoms with Crippen LogP contribution >= 0.6 is 0 Å². The number of nitrogens with zero attached hydrogens (tertiary/aromatic N) is 1. The van der Waals surface area contributed by atoms with Crippen molar-refractivity contribution in [3.05, 3.63) is 106 Å². The molecular formula is C24H19F2N. The minimum absolute atomic E-state index is 0.380. The van der Waals surface area contributed by atoms with Crippen LogP contribution in [0.5, 0.6) is 0 Å². The Kier molecular flexibility index (Phi) is 5.78. The van der Waals surface area contributed by atoms with E-state index in [0.29, 0.717) is 11.5 Å². The number of benzene rings is 3. The largest absolute Gasteiger partial charge is 0.205 e. The zero-order chi connectivity index (χ0) is 19.2. The fourth-order valence-electron chi connectivity index (χ4n) is 3.01. The molecule has 0 aliphatic heterocycles. The van der Waals surface area contributed by atoms with E-state index in [1.807, 2.05) is 18.2 Å². The molecule has 1 nitrogen and oxygen atoms in total. The summed E-state index contributed by atoms with van der Waals surface area (Å²) in [4.78, 5) is 0. The van der Waals surface area contributed by atoms with Gasteiger partial charge in [-0.15, -0.1) is 0 Å². The van der Waals surface area contributed by atoms with Gasteiger partial charge in [-0.05, 0) is 46.7 Å². The Bertz CT molecular complexity index is 960. The van der Waals surface area contributed by atoms with Crippen molar-refractivity contribution in [2.75, 3.05) is 0 Å². The highest BCUT2D eigenvalue weighted by Crippen LogP contribution is 2.21. The Balaban J connectivity index is 1.69. The van der Waals surface area contributed by atoms with Gasteiger partial charge in [0.15, 0.2) is 0 Å². The molecule has 3 heteroatoms. The maximum absolute atomic E-state index is 13.7. The van der Waals surface area contributed by atoms with E-state index < -0.39 is 17.2 Å². The summed E-state index contributed by atoms with van der Waals surface area (Å²) in [5.41, 5.74) is 3.32. The lowest BCUT2D eigenvalue weighted by Gasteiger charge is -2.12. The summed E-state index contributed by atoms with van der Waals surface area (Å²) in [5, 5.41) is 8.71. The second kappa shape index (κ2) is 8.42. The fourth-order valence-corrected chi connectivity index (χ4v) is 3.01. The Hall–Kier alpha value is -3.25. The van der Waals surface area contributed by atoms with Crippen LogP contribution in [0.4, 0.5) is 8.78 Å². The van der Waals surface area contributed by atoms with E-state index >= 15 is 0 Å². The number of hydrogen-bond acceptors (Lipinski definition) is 1. The van der Waals surface area contributed by atoms with Crippen LogP contribution in [0.3, 0.4) is 0 Å². The van der Waals surface area contributed by atoms with E-state index in [-0.39, 0.29) is 0 Å². The van der Waals surface area contributed by atoms with Crippen molar-refractivity contribution in [3.8, 4) is 6.07 Å². The third-order valence-electron chi connectivity index (χ3n) is 4.53. The summed E-state index contributed by atoms with van der Waals surface area (Å²) < 4.78 is 27.3. The van der Waals surface area contributed by atoms with Crippen molar-refractivity contribution < 1.29 is 8.78 Å². The van der Waals surface area contributed by atoms with E-state index in [4.69, 9.17) is 5.26 Å². The summed E-state index contributed by atoms with van der Waals surface area (Å²) in [5.74, 6) is -1.26. The van der Waals surface area contributed by atoms with Crippen molar-refractivity contribution >= 4 is 12.2 Å². The van der Waals surface area contributed by atoms with Crippen LogP contribution in [0.25, 0.3) is 12.2 Å². The molecule has 0 fully saturated rings. The van der Waals surface area contributed by atoms with Crippen LogP contribution in [-0.4, -0.2) is 0 Å². The molecule has 0 aliphatic rings. The van der Waals surface area contributed by atoms with E-state index in [1.165, 1.54) is 17.2 Å². The molecule has 0 spiro atoms. The number of nitriles is 1. The molecule has 134 valence electrons. The van der Waals surface area contributed by atoms with Gasteiger partial charge < -0.3 is 0 Å². The van der Waals surface area contributed by atoms with Gasteiger partial charge in [0.1, 0.15) is 23.3 Å². The molecule has 0 aromatic heterocycles. The standard InChI is InChI=1S/C24H19F2N/c1-17(21-5-3-2-4-6-21)13-19-10-7-18(8-11-19)9-12-20-14-23(25)22(16-27)24(26)15-20/h2-12,14-15,17H,13H2,1H3/b12-9+. The highest BCUT2D eigenvalue weighted by Gasteiger charge is 2.09. The Morgan fingerprint density at radius 3 is 2.07 bits per heavy atom. The van der Waals surface area contributed by atoms with E-state index in [1.54, 1.807) is 12.2 Å². The molecule has 0 saturated heterocycles. The highest BCUT2D eigenvalue weighted by molar-refractivity contribution is 5.70. The van der Waals surface area contributed by atoms with Crippen molar-refractivity contribution in [2.24, 2.45) is 0 Å². The van der Waals surface area contributed by atoms with Gasteiger partial charge in [-0.2, -0.15) is 5.26 Å². The molecule has 0 heterocycles. The molecule has 27 heavy (non-hydrogen) atoms. The van der Waals surface area contributed by atoms with Gasteiger partial charge in [-0.25, -0.2) is 8.78 Å². The predicted octanol–water partition coefficient (Wildman–Crippen LogP) is 6.35. The Labute approximate surface area is 158 Å². The van der Waals surface area contributed by atoms with Crippen molar-refractivity contribution in [2.45, 2.75) is 19.3 Å². The summed E-state index contributed by atoms with van der Waals surface area (Å²) in [7, 11) is 0. The van der Waals surface area contributed by atoms with Crippen molar-refractivity contribution in [1.29, 1.82) is 5.26 Å². The van der Waals surface area contributed by atoms with Crippen LogP contribution < -0.4 is 0 Å². The molecule has 0 N–H and O–H groups in total. The van der Waals surface area contributed by atoms with E-state index in [9.17, 15) is 8.78 Å². The second-order valence-corrected chi connectivity index (χ2v) is 6.56. The molecule has 0 radical (unpaired) electrons. The van der Waals surface area contributed by atoms with Crippen LogP contribution in [0, 0.1) is 23.0 Å². The molecular weight excluding hydrogens is 340 g/mol. The average molecular weight is 359 g/mol. The molecule has 3 aromatic carbocycles. The minimum Gasteiger partial charge on any atom is -0.205 e. The van der Waals surface area contributed by atoms with Gasteiger partial charge in [0.2, 0.25) is 0 Å². The lowest BCUT2D eigenvalue weighted by atomic mass is 9.93. The third kappa shape index (κ3) is 4.68. The summed E-state index contributed by atoms with van der Waals surface area (Å²) in [6, 6.07) is 22.3. The fraction of sp³-hybridized carbons (Fsp3) is 0.125. The zero-order valence-electron chi connectivity index (χ0n) is 15.0. The monoisotopic (exact) mass is 359 g/mol. The SMILES string of the molecule is CC(Cc1ccc(/C=C/c2cc(F)c(C#N)c(F)c2)cc1)c1ccccc1. The van der Waals surface area contributed by atoms with Gasteiger partial charge in [0.25, 0.3) is 0 Å². The quantitative estimate of drug-likeness (QED) is 0.487. The van der Waals surface area contributed by atoms with Gasteiger partial charge >= 0.3 is 0 Å². The number of rotatable bonds is 5. The van der Waals surface area contributed by atoms with Gasteiger partial charge in [-0.1, -0.05) is 73.7 Å². The lowest BCUT2D eigenvalue weighted by molar-refractivity contribution is 0.576. The van der Waals surface area contributed by atoms with Gasteiger partial charge in [-0.3, -0.25) is 0 Å². The Morgan fingerprint density at radius 2 is 1.48 bits per heavy atom. The molecule has 3 aromatic rings. The first-order valence-corrected chi connectivity index (χ1v) is 8.78. The van der Waals surface area contributed by atoms with Crippen LogP contribution in [0.15, 0.2) is 66.7 Å². The first-order valence-electron chi connectivity index (χ1n) is 8.78.